The van der Waals surface area contributed by atoms with E-state index in [9.17, 15) is 4.79 Å². The highest BCUT2D eigenvalue weighted by molar-refractivity contribution is 5.80. The highest BCUT2D eigenvalue weighted by Crippen LogP contribution is 2.28. The molecule has 35 heavy (non-hydrogen) atoms. The average molecular weight is 473 g/mol. The van der Waals surface area contributed by atoms with Gasteiger partial charge in [0.25, 0.3) is 5.56 Å². The van der Waals surface area contributed by atoms with Crippen LogP contribution in [-0.2, 0) is 19.6 Å². The molecule has 1 N–H and O–H groups in total. The molecular formula is C27H32N6O2. The first kappa shape index (κ1) is 23.2. The van der Waals surface area contributed by atoms with Crippen molar-refractivity contribution >= 4 is 10.9 Å². The Labute approximate surface area is 204 Å². The van der Waals surface area contributed by atoms with E-state index in [1.165, 1.54) is 30.4 Å². The molecule has 1 saturated carbocycles. The predicted molar refractivity (Wildman–Crippen MR) is 135 cm³/mol. The van der Waals surface area contributed by atoms with Crippen LogP contribution in [0, 0.1) is 6.92 Å². The summed E-state index contributed by atoms with van der Waals surface area (Å²) >= 11 is 0. The van der Waals surface area contributed by atoms with Gasteiger partial charge in [-0.25, -0.2) is 4.68 Å². The number of hydrogen-bond donors (Lipinski definition) is 1. The number of methoxy groups -OCH3 is 1. The van der Waals surface area contributed by atoms with Crippen LogP contribution in [-0.4, -0.2) is 37.2 Å². The Kier molecular flexibility index (Phi) is 6.90. The van der Waals surface area contributed by atoms with E-state index in [2.05, 4.69) is 56.6 Å². The van der Waals surface area contributed by atoms with Gasteiger partial charge in [0.05, 0.1) is 19.7 Å². The normalized spacial score (nSPS) is 14.6. The van der Waals surface area contributed by atoms with Gasteiger partial charge in [0, 0.05) is 29.6 Å². The number of aromatic nitrogens is 5. The molecule has 2 aromatic carbocycles. The second kappa shape index (κ2) is 10.4. The van der Waals surface area contributed by atoms with Crippen LogP contribution < -0.4 is 10.3 Å². The minimum absolute atomic E-state index is 0.0801. The molecule has 8 nitrogen and oxygen atoms in total. The Morgan fingerprint density at radius 2 is 1.83 bits per heavy atom. The summed E-state index contributed by atoms with van der Waals surface area (Å²) in [7, 11) is 1.65. The van der Waals surface area contributed by atoms with E-state index in [0.29, 0.717) is 31.2 Å². The fraction of sp³-hybridized carbons (Fsp3) is 0.407. The number of rotatable bonds is 8. The minimum atomic E-state index is -0.0801. The van der Waals surface area contributed by atoms with Gasteiger partial charge in [0.15, 0.2) is 5.82 Å². The van der Waals surface area contributed by atoms with Crippen molar-refractivity contribution in [3.63, 3.8) is 0 Å². The van der Waals surface area contributed by atoms with Crippen molar-refractivity contribution in [3.8, 4) is 5.75 Å². The van der Waals surface area contributed by atoms with Crippen molar-refractivity contribution in [2.45, 2.75) is 64.7 Å². The monoisotopic (exact) mass is 472 g/mol. The Morgan fingerprint density at radius 3 is 2.60 bits per heavy atom. The van der Waals surface area contributed by atoms with E-state index in [1.54, 1.807) is 7.11 Å². The Bertz CT molecular complexity index is 1340. The first-order chi connectivity index (χ1) is 17.1. The summed E-state index contributed by atoms with van der Waals surface area (Å²) in [5.74, 6) is 1.61. The summed E-state index contributed by atoms with van der Waals surface area (Å²) in [6, 6.07) is 16.5. The van der Waals surface area contributed by atoms with Crippen molar-refractivity contribution in [3.05, 3.63) is 81.4 Å². The first-order valence-corrected chi connectivity index (χ1v) is 12.3. The quantitative estimate of drug-likeness (QED) is 0.405. The summed E-state index contributed by atoms with van der Waals surface area (Å²) in [6.07, 6.45) is 5.94. The van der Waals surface area contributed by atoms with Crippen LogP contribution in [0.25, 0.3) is 10.9 Å². The zero-order valence-electron chi connectivity index (χ0n) is 20.4. The van der Waals surface area contributed by atoms with Crippen LogP contribution >= 0.6 is 0 Å². The third kappa shape index (κ3) is 5.43. The smallest absolute Gasteiger partial charge is 0.252 e. The molecule has 2 aromatic heterocycles. The summed E-state index contributed by atoms with van der Waals surface area (Å²) in [5.41, 5.74) is 3.83. The van der Waals surface area contributed by atoms with Crippen molar-refractivity contribution in [2.24, 2.45) is 0 Å². The van der Waals surface area contributed by atoms with Gasteiger partial charge in [-0.1, -0.05) is 49.1 Å². The molecule has 0 amide bonds. The van der Waals surface area contributed by atoms with Gasteiger partial charge in [-0.05, 0) is 60.0 Å². The largest absolute Gasteiger partial charge is 0.497 e. The van der Waals surface area contributed by atoms with E-state index >= 15 is 0 Å². The van der Waals surface area contributed by atoms with E-state index in [1.807, 2.05) is 28.9 Å². The number of aryl methyl sites for hydroxylation is 1. The minimum Gasteiger partial charge on any atom is -0.497 e. The molecule has 1 aliphatic rings. The van der Waals surface area contributed by atoms with Gasteiger partial charge in [-0.2, -0.15) is 0 Å². The summed E-state index contributed by atoms with van der Waals surface area (Å²) < 4.78 is 7.39. The van der Waals surface area contributed by atoms with Crippen LogP contribution in [0.5, 0.6) is 5.75 Å². The van der Waals surface area contributed by atoms with Gasteiger partial charge >= 0.3 is 0 Å². The molecule has 182 valence electrons. The highest BCUT2D eigenvalue weighted by Gasteiger charge is 2.22. The van der Waals surface area contributed by atoms with Gasteiger partial charge in [-0.3, -0.25) is 9.69 Å². The number of ether oxygens (including phenoxy) is 1. The molecule has 1 aliphatic carbocycles. The topological polar surface area (TPSA) is 88.9 Å². The third-order valence-electron chi connectivity index (χ3n) is 6.90. The molecule has 0 saturated heterocycles. The SMILES string of the molecule is COc1ccc2[nH]c(=O)c(CN(Cc3ccc(C)cc3)Cc3nnnn3C3CCCCC3)cc2c1. The molecule has 4 aromatic rings. The standard InChI is InChI=1S/C27H32N6O2/c1-19-8-10-20(11-9-19)16-32(18-26-29-30-31-33(26)23-6-4-3-5-7-23)17-22-14-21-15-24(35-2)12-13-25(21)28-27(22)34/h8-15,23H,3-7,16-18H2,1-2H3,(H,28,34). The zero-order valence-corrected chi connectivity index (χ0v) is 20.4. The van der Waals surface area contributed by atoms with E-state index in [0.717, 1.165) is 35.3 Å². The van der Waals surface area contributed by atoms with E-state index < -0.39 is 0 Å². The second-order valence-corrected chi connectivity index (χ2v) is 9.54. The predicted octanol–water partition coefficient (Wildman–Crippen LogP) is 4.54. The van der Waals surface area contributed by atoms with Gasteiger partial charge in [-0.15, -0.1) is 5.10 Å². The third-order valence-corrected chi connectivity index (χ3v) is 6.90. The lowest BCUT2D eigenvalue weighted by Gasteiger charge is -2.25. The van der Waals surface area contributed by atoms with Gasteiger partial charge < -0.3 is 9.72 Å². The first-order valence-electron chi connectivity index (χ1n) is 12.3. The number of hydrogen-bond acceptors (Lipinski definition) is 6. The highest BCUT2D eigenvalue weighted by atomic mass is 16.5. The number of H-pyrrole nitrogens is 1. The van der Waals surface area contributed by atoms with Crippen molar-refractivity contribution < 1.29 is 4.74 Å². The molecule has 0 spiro atoms. The van der Waals surface area contributed by atoms with E-state index in [4.69, 9.17) is 4.74 Å². The number of pyridine rings is 1. The maximum absolute atomic E-state index is 13.0. The van der Waals surface area contributed by atoms with Crippen LogP contribution in [0.3, 0.4) is 0 Å². The Morgan fingerprint density at radius 1 is 1.03 bits per heavy atom. The van der Waals surface area contributed by atoms with Crippen LogP contribution in [0.4, 0.5) is 0 Å². The molecule has 2 heterocycles. The fourth-order valence-electron chi connectivity index (χ4n) is 4.96. The van der Waals surface area contributed by atoms with Crippen molar-refractivity contribution in [1.82, 2.24) is 30.1 Å². The fourth-order valence-corrected chi connectivity index (χ4v) is 4.96. The second-order valence-electron chi connectivity index (χ2n) is 9.54. The summed E-state index contributed by atoms with van der Waals surface area (Å²) in [5, 5.41) is 13.7. The lowest BCUT2D eigenvalue weighted by Crippen LogP contribution is -2.29. The Hall–Kier alpha value is -3.52. The molecule has 0 aliphatic heterocycles. The molecule has 0 atom stereocenters. The molecule has 5 rings (SSSR count). The lowest BCUT2D eigenvalue weighted by atomic mass is 9.95. The van der Waals surface area contributed by atoms with E-state index in [-0.39, 0.29) is 5.56 Å². The molecule has 0 bridgehead atoms. The Balaban J connectivity index is 1.45. The number of benzene rings is 2. The number of aromatic amines is 1. The maximum Gasteiger partial charge on any atom is 0.252 e. The zero-order chi connectivity index (χ0) is 24.2. The molecular weight excluding hydrogens is 440 g/mol. The summed E-state index contributed by atoms with van der Waals surface area (Å²) in [6.45, 7) is 3.82. The number of nitrogens with zero attached hydrogens (tertiary/aromatic N) is 5. The molecule has 0 radical (unpaired) electrons. The summed E-state index contributed by atoms with van der Waals surface area (Å²) in [4.78, 5) is 18.2. The van der Waals surface area contributed by atoms with Crippen LogP contribution in [0.2, 0.25) is 0 Å². The maximum atomic E-state index is 13.0. The number of nitrogens with one attached hydrogen (secondary N) is 1. The molecule has 8 heteroatoms. The van der Waals surface area contributed by atoms with Gasteiger partial charge in [0.2, 0.25) is 0 Å². The average Bonchev–Trinajstić information content (AvgIpc) is 3.34. The number of tetrazole rings is 1. The van der Waals surface area contributed by atoms with Crippen LogP contribution in [0.1, 0.15) is 60.7 Å². The number of fused-ring (bicyclic) bond motifs is 1. The van der Waals surface area contributed by atoms with Gasteiger partial charge in [0.1, 0.15) is 5.75 Å². The van der Waals surface area contributed by atoms with Crippen LogP contribution in [0.15, 0.2) is 53.3 Å². The van der Waals surface area contributed by atoms with Crippen molar-refractivity contribution in [1.29, 1.82) is 0 Å². The molecule has 1 fully saturated rings. The van der Waals surface area contributed by atoms with Crippen molar-refractivity contribution in [2.75, 3.05) is 7.11 Å². The lowest BCUT2D eigenvalue weighted by molar-refractivity contribution is 0.225. The molecule has 0 unspecified atom stereocenters.